The molecule has 0 spiro atoms. The lowest BCUT2D eigenvalue weighted by atomic mass is 10.0. The molecular formula is C17H27FN2O. The minimum absolute atomic E-state index is 0.0686. The Balaban J connectivity index is 1.95. The van der Waals surface area contributed by atoms with Crippen molar-refractivity contribution in [2.24, 2.45) is 0 Å². The minimum atomic E-state index is -0.209. The van der Waals surface area contributed by atoms with Crippen molar-refractivity contribution in [2.45, 2.75) is 45.2 Å². The van der Waals surface area contributed by atoms with E-state index in [-0.39, 0.29) is 11.9 Å². The molecule has 1 aromatic rings. The molecule has 0 bridgehead atoms. The van der Waals surface area contributed by atoms with E-state index in [1.807, 2.05) is 13.0 Å². The highest BCUT2D eigenvalue weighted by Crippen LogP contribution is 2.27. The zero-order valence-electron chi connectivity index (χ0n) is 13.4. The number of hydrogen-bond acceptors (Lipinski definition) is 3. The number of rotatable bonds is 6. The Morgan fingerprint density at radius 2 is 1.95 bits per heavy atom. The van der Waals surface area contributed by atoms with Crippen molar-refractivity contribution in [3.8, 4) is 5.75 Å². The van der Waals surface area contributed by atoms with E-state index in [1.54, 1.807) is 13.2 Å². The lowest BCUT2D eigenvalue weighted by molar-refractivity contribution is 0.204. The molecule has 1 aliphatic heterocycles. The van der Waals surface area contributed by atoms with Gasteiger partial charge in [0.1, 0.15) is 11.6 Å². The second-order valence-corrected chi connectivity index (χ2v) is 6.01. The summed E-state index contributed by atoms with van der Waals surface area (Å²) in [4.78, 5) is 2.49. The Hall–Kier alpha value is -1.13. The standard InChI is InChI=1S/C17H27FN2O/c1-13(12-20-10-5-4-6-11-20)19-14(2)17-15(18)8-7-9-16(17)21-3/h7-9,13-14,19H,4-6,10-12H2,1-3H3. The van der Waals surface area contributed by atoms with Gasteiger partial charge in [0.15, 0.2) is 0 Å². The number of methoxy groups -OCH3 is 1. The van der Waals surface area contributed by atoms with Crippen LogP contribution in [0.25, 0.3) is 0 Å². The SMILES string of the molecule is COc1cccc(F)c1C(C)NC(C)CN1CCCCC1. The van der Waals surface area contributed by atoms with E-state index in [0.29, 0.717) is 17.4 Å². The van der Waals surface area contributed by atoms with Gasteiger partial charge < -0.3 is 15.0 Å². The summed E-state index contributed by atoms with van der Waals surface area (Å²) in [5.41, 5.74) is 0.616. The molecule has 1 aromatic carbocycles. The van der Waals surface area contributed by atoms with Crippen LogP contribution < -0.4 is 10.1 Å². The third-order valence-corrected chi connectivity index (χ3v) is 4.18. The number of benzene rings is 1. The van der Waals surface area contributed by atoms with Crippen LogP contribution in [-0.4, -0.2) is 37.7 Å². The van der Waals surface area contributed by atoms with Crippen LogP contribution in [0.3, 0.4) is 0 Å². The maximum Gasteiger partial charge on any atom is 0.131 e. The monoisotopic (exact) mass is 294 g/mol. The molecule has 2 unspecified atom stereocenters. The zero-order chi connectivity index (χ0) is 15.2. The Kier molecular flexibility index (Phi) is 6.00. The number of nitrogens with zero attached hydrogens (tertiary/aromatic N) is 1. The van der Waals surface area contributed by atoms with E-state index >= 15 is 0 Å². The highest BCUT2D eigenvalue weighted by atomic mass is 19.1. The molecule has 0 saturated carbocycles. The Bertz CT molecular complexity index is 446. The van der Waals surface area contributed by atoms with Gasteiger partial charge in [-0.05, 0) is 51.9 Å². The number of nitrogens with one attached hydrogen (secondary N) is 1. The predicted octanol–water partition coefficient (Wildman–Crippen LogP) is 3.36. The Morgan fingerprint density at radius 1 is 1.24 bits per heavy atom. The van der Waals surface area contributed by atoms with Gasteiger partial charge in [-0.3, -0.25) is 0 Å². The van der Waals surface area contributed by atoms with Crippen LogP contribution >= 0.6 is 0 Å². The molecule has 1 saturated heterocycles. The van der Waals surface area contributed by atoms with Gasteiger partial charge >= 0.3 is 0 Å². The molecule has 118 valence electrons. The van der Waals surface area contributed by atoms with Crippen LogP contribution in [0.15, 0.2) is 18.2 Å². The first-order chi connectivity index (χ1) is 10.1. The van der Waals surface area contributed by atoms with E-state index in [4.69, 9.17) is 4.74 Å². The van der Waals surface area contributed by atoms with Gasteiger partial charge in [0.25, 0.3) is 0 Å². The predicted molar refractivity (Wildman–Crippen MR) is 84.3 cm³/mol. The average molecular weight is 294 g/mol. The van der Waals surface area contributed by atoms with Crippen molar-refractivity contribution in [1.82, 2.24) is 10.2 Å². The van der Waals surface area contributed by atoms with Gasteiger partial charge in [-0.1, -0.05) is 12.5 Å². The second-order valence-electron chi connectivity index (χ2n) is 6.01. The fraction of sp³-hybridized carbons (Fsp3) is 0.647. The van der Waals surface area contributed by atoms with Gasteiger partial charge in [0.05, 0.1) is 7.11 Å². The topological polar surface area (TPSA) is 24.5 Å². The summed E-state index contributed by atoms with van der Waals surface area (Å²) in [6.45, 7) is 7.54. The van der Waals surface area contributed by atoms with Crippen LogP contribution in [-0.2, 0) is 0 Å². The number of piperidine rings is 1. The van der Waals surface area contributed by atoms with Gasteiger partial charge in [-0.25, -0.2) is 4.39 Å². The molecule has 21 heavy (non-hydrogen) atoms. The first kappa shape index (κ1) is 16.2. The Labute approximate surface area is 127 Å². The van der Waals surface area contributed by atoms with E-state index in [0.717, 1.165) is 6.54 Å². The van der Waals surface area contributed by atoms with E-state index < -0.39 is 0 Å². The van der Waals surface area contributed by atoms with Gasteiger partial charge in [0.2, 0.25) is 0 Å². The maximum absolute atomic E-state index is 14.1. The van der Waals surface area contributed by atoms with Crippen molar-refractivity contribution >= 4 is 0 Å². The number of halogens is 1. The van der Waals surface area contributed by atoms with E-state index in [2.05, 4.69) is 17.1 Å². The fourth-order valence-corrected chi connectivity index (χ4v) is 3.21. The molecule has 1 aliphatic rings. The van der Waals surface area contributed by atoms with Crippen molar-refractivity contribution in [3.05, 3.63) is 29.6 Å². The second kappa shape index (κ2) is 7.76. The molecule has 2 rings (SSSR count). The molecule has 1 heterocycles. The minimum Gasteiger partial charge on any atom is -0.496 e. The first-order valence-corrected chi connectivity index (χ1v) is 7.92. The lowest BCUT2D eigenvalue weighted by Gasteiger charge is -2.31. The maximum atomic E-state index is 14.1. The molecule has 1 N–H and O–H groups in total. The summed E-state index contributed by atoms with van der Waals surface area (Å²) < 4.78 is 19.4. The largest absolute Gasteiger partial charge is 0.496 e. The fourth-order valence-electron chi connectivity index (χ4n) is 3.21. The normalized spacial score (nSPS) is 19.2. The van der Waals surface area contributed by atoms with Gasteiger partial charge in [-0.2, -0.15) is 0 Å². The third kappa shape index (κ3) is 4.42. The third-order valence-electron chi connectivity index (χ3n) is 4.18. The highest BCUT2D eigenvalue weighted by molar-refractivity contribution is 5.36. The Morgan fingerprint density at radius 3 is 2.62 bits per heavy atom. The summed E-state index contributed by atoms with van der Waals surface area (Å²) in [7, 11) is 1.59. The summed E-state index contributed by atoms with van der Waals surface area (Å²) in [5, 5.41) is 3.50. The van der Waals surface area contributed by atoms with E-state index in [9.17, 15) is 4.39 Å². The van der Waals surface area contributed by atoms with Crippen LogP contribution in [0.2, 0.25) is 0 Å². The molecule has 0 aliphatic carbocycles. The molecule has 0 amide bonds. The summed E-state index contributed by atoms with van der Waals surface area (Å²) in [6, 6.07) is 5.24. The molecule has 3 nitrogen and oxygen atoms in total. The van der Waals surface area contributed by atoms with Crippen molar-refractivity contribution in [1.29, 1.82) is 0 Å². The molecule has 0 radical (unpaired) electrons. The zero-order valence-corrected chi connectivity index (χ0v) is 13.4. The number of likely N-dealkylation sites (tertiary alicyclic amines) is 1. The quantitative estimate of drug-likeness (QED) is 0.870. The lowest BCUT2D eigenvalue weighted by Crippen LogP contribution is -2.42. The first-order valence-electron chi connectivity index (χ1n) is 7.92. The van der Waals surface area contributed by atoms with Crippen molar-refractivity contribution in [2.75, 3.05) is 26.7 Å². The molecular weight excluding hydrogens is 267 g/mol. The van der Waals surface area contributed by atoms with Crippen molar-refractivity contribution < 1.29 is 9.13 Å². The summed E-state index contributed by atoms with van der Waals surface area (Å²) in [6.07, 6.45) is 3.94. The molecule has 2 atom stereocenters. The highest BCUT2D eigenvalue weighted by Gasteiger charge is 2.19. The van der Waals surface area contributed by atoms with Crippen LogP contribution in [0.1, 0.15) is 44.7 Å². The van der Waals surface area contributed by atoms with E-state index in [1.165, 1.54) is 38.4 Å². The van der Waals surface area contributed by atoms with Crippen LogP contribution in [0.4, 0.5) is 4.39 Å². The van der Waals surface area contributed by atoms with Gasteiger partial charge in [-0.15, -0.1) is 0 Å². The smallest absolute Gasteiger partial charge is 0.131 e. The van der Waals surface area contributed by atoms with Gasteiger partial charge in [0, 0.05) is 24.2 Å². The molecule has 4 heteroatoms. The summed E-state index contributed by atoms with van der Waals surface area (Å²) >= 11 is 0. The van der Waals surface area contributed by atoms with Crippen LogP contribution in [0, 0.1) is 5.82 Å². The molecule has 1 fully saturated rings. The van der Waals surface area contributed by atoms with Crippen LogP contribution in [0.5, 0.6) is 5.75 Å². The number of ether oxygens (including phenoxy) is 1. The number of hydrogen-bond donors (Lipinski definition) is 1. The summed E-state index contributed by atoms with van der Waals surface area (Å²) in [5.74, 6) is 0.402. The molecule has 0 aromatic heterocycles. The average Bonchev–Trinajstić information content (AvgIpc) is 2.47. The van der Waals surface area contributed by atoms with Crippen molar-refractivity contribution in [3.63, 3.8) is 0 Å².